The van der Waals surface area contributed by atoms with Crippen molar-refractivity contribution in [2.45, 2.75) is 26.3 Å². The van der Waals surface area contributed by atoms with E-state index >= 15 is 0 Å². The molecule has 0 saturated carbocycles. The topological polar surface area (TPSA) is 51.2 Å². The van der Waals surface area contributed by atoms with Gasteiger partial charge >= 0.3 is 0 Å². The third-order valence-electron chi connectivity index (χ3n) is 3.26. The van der Waals surface area contributed by atoms with Crippen molar-refractivity contribution >= 4 is 5.91 Å². The minimum atomic E-state index is 0.0476. The molecule has 0 fully saturated rings. The van der Waals surface area contributed by atoms with E-state index < -0.39 is 0 Å². The third-order valence-corrected chi connectivity index (χ3v) is 3.26. The first-order valence-electron chi connectivity index (χ1n) is 6.98. The number of carbonyl (C=O) groups is 1. The van der Waals surface area contributed by atoms with Crippen molar-refractivity contribution in [1.82, 2.24) is 10.3 Å². The van der Waals surface area contributed by atoms with Gasteiger partial charge in [-0.2, -0.15) is 0 Å². The van der Waals surface area contributed by atoms with E-state index in [1.807, 2.05) is 6.07 Å². The van der Waals surface area contributed by atoms with Crippen molar-refractivity contribution in [2.24, 2.45) is 0 Å². The van der Waals surface area contributed by atoms with E-state index in [0.717, 1.165) is 12.0 Å². The number of hydrogen-bond donors (Lipinski definition) is 1. The van der Waals surface area contributed by atoms with Crippen LogP contribution < -0.4 is 10.1 Å². The summed E-state index contributed by atoms with van der Waals surface area (Å²) in [5, 5.41) is 2.90. The van der Waals surface area contributed by atoms with Gasteiger partial charge in [0.15, 0.2) is 0 Å². The molecule has 2 rings (SSSR count). The van der Waals surface area contributed by atoms with Gasteiger partial charge in [-0.1, -0.05) is 35.9 Å². The Morgan fingerprint density at radius 2 is 1.86 bits per heavy atom. The fourth-order valence-electron chi connectivity index (χ4n) is 1.94. The maximum atomic E-state index is 11.8. The van der Waals surface area contributed by atoms with Gasteiger partial charge < -0.3 is 10.1 Å². The Kier molecular flexibility index (Phi) is 5.32. The van der Waals surface area contributed by atoms with Crippen LogP contribution >= 0.6 is 0 Å². The molecule has 0 spiro atoms. The predicted octanol–water partition coefficient (Wildman–Crippen LogP) is 2.65. The fourth-order valence-corrected chi connectivity index (χ4v) is 1.94. The number of amides is 1. The van der Waals surface area contributed by atoms with Crippen LogP contribution in [0, 0.1) is 6.92 Å². The molecule has 0 bridgehead atoms. The van der Waals surface area contributed by atoms with Crippen LogP contribution in [0.3, 0.4) is 0 Å². The van der Waals surface area contributed by atoms with Crippen molar-refractivity contribution in [1.29, 1.82) is 0 Å². The molecule has 1 aromatic carbocycles. The van der Waals surface area contributed by atoms with Gasteiger partial charge in [-0.15, -0.1) is 0 Å². The molecule has 0 unspecified atom stereocenters. The molecule has 1 heterocycles. The molecular weight excluding hydrogens is 264 g/mol. The van der Waals surface area contributed by atoms with Gasteiger partial charge in [0.25, 0.3) is 0 Å². The van der Waals surface area contributed by atoms with Crippen LogP contribution in [-0.4, -0.2) is 18.0 Å². The number of methoxy groups -OCH3 is 1. The van der Waals surface area contributed by atoms with Crippen LogP contribution in [0.15, 0.2) is 42.6 Å². The molecular formula is C17H20N2O2. The number of hydrogen-bond acceptors (Lipinski definition) is 3. The SMILES string of the molecule is COc1ccc(CNC(=O)CCc2ccc(C)cc2)cn1. The van der Waals surface area contributed by atoms with Crippen LogP contribution in [0.4, 0.5) is 0 Å². The molecule has 0 aliphatic carbocycles. The zero-order valence-electron chi connectivity index (χ0n) is 12.4. The maximum absolute atomic E-state index is 11.8. The monoisotopic (exact) mass is 284 g/mol. The van der Waals surface area contributed by atoms with Gasteiger partial charge in [-0.25, -0.2) is 4.98 Å². The molecule has 4 heteroatoms. The number of aryl methyl sites for hydroxylation is 2. The number of pyridine rings is 1. The lowest BCUT2D eigenvalue weighted by Crippen LogP contribution is -2.23. The van der Waals surface area contributed by atoms with Crippen molar-refractivity contribution in [3.63, 3.8) is 0 Å². The summed E-state index contributed by atoms with van der Waals surface area (Å²) in [6.07, 6.45) is 2.96. The van der Waals surface area contributed by atoms with Crippen molar-refractivity contribution in [2.75, 3.05) is 7.11 Å². The smallest absolute Gasteiger partial charge is 0.220 e. The number of nitrogens with zero attached hydrogens (tertiary/aromatic N) is 1. The lowest BCUT2D eigenvalue weighted by molar-refractivity contribution is -0.121. The summed E-state index contributed by atoms with van der Waals surface area (Å²) < 4.78 is 4.99. The summed E-state index contributed by atoms with van der Waals surface area (Å²) in [5.74, 6) is 0.621. The summed E-state index contributed by atoms with van der Waals surface area (Å²) in [5.41, 5.74) is 3.37. The van der Waals surface area contributed by atoms with Crippen LogP contribution in [0.1, 0.15) is 23.1 Å². The minimum absolute atomic E-state index is 0.0476. The molecule has 0 aliphatic heterocycles. The highest BCUT2D eigenvalue weighted by Crippen LogP contribution is 2.07. The Hall–Kier alpha value is -2.36. The first kappa shape index (κ1) is 15.0. The van der Waals surface area contributed by atoms with Crippen molar-refractivity contribution in [3.8, 4) is 5.88 Å². The van der Waals surface area contributed by atoms with Gasteiger partial charge in [0.2, 0.25) is 11.8 Å². The zero-order valence-corrected chi connectivity index (χ0v) is 12.4. The summed E-state index contributed by atoms with van der Waals surface area (Å²) in [7, 11) is 1.58. The second kappa shape index (κ2) is 7.43. The standard InChI is InChI=1S/C17H20N2O2/c1-13-3-5-14(6-4-13)7-9-16(20)18-11-15-8-10-17(21-2)19-12-15/h3-6,8,10,12H,7,9,11H2,1-2H3,(H,18,20). The summed E-state index contributed by atoms with van der Waals surface area (Å²) in [6, 6.07) is 11.9. The molecule has 2 aromatic rings. The van der Waals surface area contributed by atoms with E-state index in [1.165, 1.54) is 11.1 Å². The highest BCUT2D eigenvalue weighted by atomic mass is 16.5. The van der Waals surface area contributed by atoms with E-state index in [-0.39, 0.29) is 5.91 Å². The van der Waals surface area contributed by atoms with E-state index in [0.29, 0.717) is 18.8 Å². The highest BCUT2D eigenvalue weighted by Gasteiger charge is 2.03. The second-order valence-electron chi connectivity index (χ2n) is 4.97. The van der Waals surface area contributed by atoms with Gasteiger partial charge in [-0.3, -0.25) is 4.79 Å². The van der Waals surface area contributed by atoms with Gasteiger partial charge in [-0.05, 0) is 24.5 Å². The molecule has 1 amide bonds. The predicted molar refractivity (Wildman–Crippen MR) is 82.1 cm³/mol. The largest absolute Gasteiger partial charge is 0.481 e. The molecule has 0 aliphatic rings. The van der Waals surface area contributed by atoms with Gasteiger partial charge in [0.1, 0.15) is 0 Å². The number of benzene rings is 1. The Labute approximate surface area is 125 Å². The van der Waals surface area contributed by atoms with Gasteiger partial charge in [0.05, 0.1) is 7.11 Å². The molecule has 21 heavy (non-hydrogen) atoms. The lowest BCUT2D eigenvalue weighted by atomic mass is 10.1. The number of aromatic nitrogens is 1. The number of carbonyl (C=O) groups excluding carboxylic acids is 1. The Balaban J connectivity index is 1.75. The highest BCUT2D eigenvalue weighted by molar-refractivity contribution is 5.76. The molecule has 0 atom stereocenters. The molecule has 1 N–H and O–H groups in total. The van der Waals surface area contributed by atoms with E-state index in [4.69, 9.17) is 4.74 Å². The van der Waals surface area contributed by atoms with Crippen LogP contribution in [0.25, 0.3) is 0 Å². The molecule has 4 nitrogen and oxygen atoms in total. The second-order valence-corrected chi connectivity index (χ2v) is 4.97. The van der Waals surface area contributed by atoms with Crippen molar-refractivity contribution in [3.05, 3.63) is 59.3 Å². The molecule has 0 saturated heterocycles. The van der Waals surface area contributed by atoms with Gasteiger partial charge in [0, 0.05) is 25.2 Å². The first-order valence-corrected chi connectivity index (χ1v) is 6.98. The van der Waals surface area contributed by atoms with Crippen LogP contribution in [0.2, 0.25) is 0 Å². The third kappa shape index (κ3) is 4.91. The summed E-state index contributed by atoms with van der Waals surface area (Å²) in [6.45, 7) is 2.54. The summed E-state index contributed by atoms with van der Waals surface area (Å²) >= 11 is 0. The summed E-state index contributed by atoms with van der Waals surface area (Å²) in [4.78, 5) is 15.9. The quantitative estimate of drug-likeness (QED) is 0.887. The molecule has 110 valence electrons. The zero-order chi connectivity index (χ0) is 15.1. The van der Waals surface area contributed by atoms with Crippen molar-refractivity contribution < 1.29 is 9.53 Å². The Morgan fingerprint density at radius 3 is 2.48 bits per heavy atom. The average Bonchev–Trinajstić information content (AvgIpc) is 2.53. The van der Waals surface area contributed by atoms with E-state index in [9.17, 15) is 4.79 Å². The van der Waals surface area contributed by atoms with Crippen LogP contribution in [-0.2, 0) is 17.8 Å². The molecule has 1 aromatic heterocycles. The normalized spacial score (nSPS) is 10.2. The Bertz CT molecular complexity index is 577. The fraction of sp³-hybridized carbons (Fsp3) is 0.294. The average molecular weight is 284 g/mol. The maximum Gasteiger partial charge on any atom is 0.220 e. The Morgan fingerprint density at radius 1 is 1.14 bits per heavy atom. The molecule has 0 radical (unpaired) electrons. The van der Waals surface area contributed by atoms with Crippen LogP contribution in [0.5, 0.6) is 5.88 Å². The minimum Gasteiger partial charge on any atom is -0.481 e. The van der Waals surface area contributed by atoms with E-state index in [2.05, 4.69) is 41.5 Å². The number of rotatable bonds is 6. The van der Waals surface area contributed by atoms with E-state index in [1.54, 1.807) is 19.4 Å². The number of nitrogens with one attached hydrogen (secondary N) is 1. The lowest BCUT2D eigenvalue weighted by Gasteiger charge is -2.06. The first-order chi connectivity index (χ1) is 10.2. The number of ether oxygens (including phenoxy) is 1.